The zero-order chi connectivity index (χ0) is 17.3. The van der Waals surface area contributed by atoms with Crippen LogP contribution in [0.15, 0.2) is 73.1 Å². The zero-order valence-electron chi connectivity index (χ0n) is 13.9. The standard InChI is InChI=1S/C20H20N2O3/c23-20(11-14-24-15-17-5-2-1-3-6-17)25-16-18-7-9-19(10-8-18)22-13-4-12-21-22/h1-10,12-13H,11,14-16H2. The second-order valence-electron chi connectivity index (χ2n) is 5.57. The third-order valence-corrected chi connectivity index (χ3v) is 3.67. The Balaban J connectivity index is 1.36. The number of aromatic nitrogens is 2. The first-order valence-corrected chi connectivity index (χ1v) is 8.17. The molecule has 0 N–H and O–H groups in total. The van der Waals surface area contributed by atoms with Gasteiger partial charge in [-0.3, -0.25) is 4.79 Å². The van der Waals surface area contributed by atoms with Crippen molar-refractivity contribution in [1.29, 1.82) is 0 Å². The van der Waals surface area contributed by atoms with Crippen LogP contribution in [0.4, 0.5) is 0 Å². The smallest absolute Gasteiger partial charge is 0.308 e. The highest BCUT2D eigenvalue weighted by molar-refractivity contribution is 5.69. The fraction of sp³-hybridized carbons (Fsp3) is 0.200. The molecule has 0 spiro atoms. The Morgan fingerprint density at radius 1 is 0.920 bits per heavy atom. The first-order valence-electron chi connectivity index (χ1n) is 8.17. The average molecular weight is 336 g/mol. The minimum Gasteiger partial charge on any atom is -0.461 e. The first kappa shape index (κ1) is 16.9. The molecular formula is C20H20N2O3. The molecule has 0 aliphatic carbocycles. The van der Waals surface area contributed by atoms with Gasteiger partial charge in [-0.25, -0.2) is 4.68 Å². The van der Waals surface area contributed by atoms with E-state index in [9.17, 15) is 4.79 Å². The van der Waals surface area contributed by atoms with Crippen molar-refractivity contribution in [3.8, 4) is 5.69 Å². The van der Waals surface area contributed by atoms with Crippen LogP contribution in [0.1, 0.15) is 17.5 Å². The van der Waals surface area contributed by atoms with Crippen LogP contribution in [0, 0.1) is 0 Å². The van der Waals surface area contributed by atoms with Crippen LogP contribution < -0.4 is 0 Å². The van der Waals surface area contributed by atoms with E-state index in [1.165, 1.54) is 0 Å². The summed E-state index contributed by atoms with van der Waals surface area (Å²) in [5.74, 6) is -0.260. The zero-order valence-corrected chi connectivity index (χ0v) is 13.9. The van der Waals surface area contributed by atoms with Crippen molar-refractivity contribution >= 4 is 5.97 Å². The van der Waals surface area contributed by atoms with Gasteiger partial charge in [0.1, 0.15) is 6.61 Å². The number of esters is 1. The SMILES string of the molecule is O=C(CCOCc1ccccc1)OCc1ccc(-n2cccn2)cc1. The van der Waals surface area contributed by atoms with Crippen molar-refractivity contribution in [2.24, 2.45) is 0 Å². The normalized spacial score (nSPS) is 10.6. The number of carbonyl (C=O) groups excluding carboxylic acids is 1. The lowest BCUT2D eigenvalue weighted by Crippen LogP contribution is -2.08. The molecule has 2 aromatic carbocycles. The van der Waals surface area contributed by atoms with Gasteiger partial charge in [-0.05, 0) is 29.3 Å². The van der Waals surface area contributed by atoms with Crippen molar-refractivity contribution in [2.75, 3.05) is 6.61 Å². The summed E-state index contributed by atoms with van der Waals surface area (Å²) in [6.45, 7) is 1.12. The highest BCUT2D eigenvalue weighted by atomic mass is 16.5. The molecule has 0 fully saturated rings. The average Bonchev–Trinajstić information content (AvgIpc) is 3.20. The molecule has 3 rings (SSSR count). The number of hydrogen-bond acceptors (Lipinski definition) is 4. The van der Waals surface area contributed by atoms with E-state index in [1.54, 1.807) is 10.9 Å². The van der Waals surface area contributed by atoms with Crippen molar-refractivity contribution in [3.63, 3.8) is 0 Å². The summed E-state index contributed by atoms with van der Waals surface area (Å²) in [4.78, 5) is 11.8. The van der Waals surface area contributed by atoms with Gasteiger partial charge in [0.05, 0.1) is 25.3 Å². The summed E-state index contributed by atoms with van der Waals surface area (Å²) in [6, 6.07) is 19.5. The van der Waals surface area contributed by atoms with Gasteiger partial charge in [0.2, 0.25) is 0 Å². The Kier molecular flexibility index (Phi) is 5.96. The van der Waals surface area contributed by atoms with Crippen LogP contribution in [0.2, 0.25) is 0 Å². The van der Waals surface area contributed by atoms with Crippen LogP contribution in [0.5, 0.6) is 0 Å². The Labute approximate surface area is 146 Å². The molecule has 0 atom stereocenters. The molecule has 0 amide bonds. The van der Waals surface area contributed by atoms with E-state index in [2.05, 4.69) is 5.10 Å². The number of carbonyl (C=O) groups is 1. The van der Waals surface area contributed by atoms with Crippen LogP contribution in [-0.2, 0) is 27.5 Å². The number of rotatable bonds is 8. The van der Waals surface area contributed by atoms with Crippen molar-refractivity contribution in [1.82, 2.24) is 9.78 Å². The molecule has 0 radical (unpaired) electrons. The Morgan fingerprint density at radius 2 is 1.68 bits per heavy atom. The van der Waals surface area contributed by atoms with Crippen molar-refractivity contribution in [3.05, 3.63) is 84.2 Å². The lowest BCUT2D eigenvalue weighted by Gasteiger charge is -2.07. The molecule has 1 aromatic heterocycles. The van der Waals surface area contributed by atoms with Gasteiger partial charge in [-0.15, -0.1) is 0 Å². The minimum absolute atomic E-state index is 0.248. The molecule has 25 heavy (non-hydrogen) atoms. The Morgan fingerprint density at radius 3 is 2.40 bits per heavy atom. The molecule has 5 heteroatoms. The Hall–Kier alpha value is -2.92. The second-order valence-corrected chi connectivity index (χ2v) is 5.57. The molecule has 0 saturated carbocycles. The summed E-state index contributed by atoms with van der Waals surface area (Å²) < 4.78 is 12.5. The van der Waals surface area contributed by atoms with Crippen molar-refractivity contribution < 1.29 is 14.3 Å². The third kappa shape index (κ3) is 5.29. The maximum atomic E-state index is 11.8. The van der Waals surface area contributed by atoms with Crippen LogP contribution >= 0.6 is 0 Å². The van der Waals surface area contributed by atoms with E-state index in [0.717, 1.165) is 16.8 Å². The molecule has 0 saturated heterocycles. The summed E-state index contributed by atoms with van der Waals surface area (Å²) in [7, 11) is 0. The van der Waals surface area contributed by atoms with Gasteiger partial charge in [-0.2, -0.15) is 5.10 Å². The molecule has 3 aromatic rings. The highest BCUT2D eigenvalue weighted by Crippen LogP contribution is 2.10. The lowest BCUT2D eigenvalue weighted by molar-refractivity contribution is -0.146. The van der Waals surface area contributed by atoms with E-state index in [-0.39, 0.29) is 19.0 Å². The number of nitrogens with zero attached hydrogens (tertiary/aromatic N) is 2. The van der Waals surface area contributed by atoms with Gasteiger partial charge in [0.25, 0.3) is 0 Å². The first-order chi connectivity index (χ1) is 12.3. The summed E-state index contributed by atoms with van der Waals surface area (Å²) in [5.41, 5.74) is 3.00. The number of ether oxygens (including phenoxy) is 2. The van der Waals surface area contributed by atoms with Gasteiger partial charge < -0.3 is 9.47 Å². The fourth-order valence-corrected chi connectivity index (χ4v) is 2.32. The van der Waals surface area contributed by atoms with E-state index in [0.29, 0.717) is 13.2 Å². The molecule has 0 bridgehead atoms. The molecule has 5 nitrogen and oxygen atoms in total. The topological polar surface area (TPSA) is 53.4 Å². The third-order valence-electron chi connectivity index (χ3n) is 3.67. The van der Waals surface area contributed by atoms with E-state index in [1.807, 2.05) is 66.9 Å². The Bertz CT molecular complexity index is 768. The van der Waals surface area contributed by atoms with Crippen LogP contribution in [0.3, 0.4) is 0 Å². The van der Waals surface area contributed by atoms with Gasteiger partial charge >= 0.3 is 5.97 Å². The molecule has 128 valence electrons. The quantitative estimate of drug-likeness (QED) is 0.466. The largest absolute Gasteiger partial charge is 0.461 e. The van der Waals surface area contributed by atoms with Crippen LogP contribution in [-0.4, -0.2) is 22.4 Å². The molecule has 1 heterocycles. The predicted octanol–water partition coefficient (Wildman–Crippen LogP) is 3.52. The predicted molar refractivity (Wildman–Crippen MR) is 94.1 cm³/mol. The number of benzene rings is 2. The maximum Gasteiger partial charge on any atom is 0.308 e. The summed E-state index contributed by atoms with van der Waals surface area (Å²) >= 11 is 0. The molecule has 0 aliphatic heterocycles. The molecule has 0 unspecified atom stereocenters. The lowest BCUT2D eigenvalue weighted by atomic mass is 10.2. The fourth-order valence-electron chi connectivity index (χ4n) is 2.32. The van der Waals surface area contributed by atoms with Gasteiger partial charge in [0.15, 0.2) is 0 Å². The van der Waals surface area contributed by atoms with Gasteiger partial charge in [-0.1, -0.05) is 42.5 Å². The van der Waals surface area contributed by atoms with Crippen LogP contribution in [0.25, 0.3) is 5.69 Å². The maximum absolute atomic E-state index is 11.8. The van der Waals surface area contributed by atoms with E-state index >= 15 is 0 Å². The highest BCUT2D eigenvalue weighted by Gasteiger charge is 2.04. The minimum atomic E-state index is -0.260. The summed E-state index contributed by atoms with van der Waals surface area (Å²) in [5, 5.41) is 4.17. The van der Waals surface area contributed by atoms with E-state index in [4.69, 9.17) is 9.47 Å². The molecular weight excluding hydrogens is 316 g/mol. The van der Waals surface area contributed by atoms with Gasteiger partial charge in [0, 0.05) is 12.4 Å². The second kappa shape index (κ2) is 8.80. The van der Waals surface area contributed by atoms with E-state index < -0.39 is 0 Å². The number of hydrogen-bond donors (Lipinski definition) is 0. The summed E-state index contributed by atoms with van der Waals surface area (Å²) in [6.07, 6.45) is 3.86. The van der Waals surface area contributed by atoms with Crippen molar-refractivity contribution in [2.45, 2.75) is 19.6 Å². The molecule has 0 aliphatic rings. The monoisotopic (exact) mass is 336 g/mol.